The molecular formula is C26H20N2. The number of hydrogen-bond acceptors (Lipinski definition) is 1. The van der Waals surface area contributed by atoms with Gasteiger partial charge in [-0.05, 0) is 43.9 Å². The molecule has 2 nitrogen and oxygen atoms in total. The van der Waals surface area contributed by atoms with Gasteiger partial charge < -0.3 is 5.73 Å². The summed E-state index contributed by atoms with van der Waals surface area (Å²) < 4.78 is 0. The maximum Gasteiger partial charge on any atom is 0.125 e. The van der Waals surface area contributed by atoms with Crippen molar-refractivity contribution in [1.29, 1.82) is 0 Å². The first-order chi connectivity index (χ1) is 13.8. The summed E-state index contributed by atoms with van der Waals surface area (Å²) in [5, 5.41) is 7.52. The van der Waals surface area contributed by atoms with E-state index in [9.17, 15) is 0 Å². The zero-order chi connectivity index (χ0) is 18.9. The van der Waals surface area contributed by atoms with Crippen molar-refractivity contribution in [2.45, 2.75) is 6.54 Å². The fourth-order valence-corrected chi connectivity index (χ4v) is 3.92. The van der Waals surface area contributed by atoms with E-state index >= 15 is 0 Å². The Hall–Kier alpha value is -3.65. The van der Waals surface area contributed by atoms with Crippen LogP contribution in [0.2, 0.25) is 0 Å². The van der Waals surface area contributed by atoms with E-state index in [0.717, 1.165) is 11.1 Å². The van der Waals surface area contributed by atoms with Gasteiger partial charge in [-0.1, -0.05) is 91.0 Å². The van der Waals surface area contributed by atoms with Crippen LogP contribution in [0.25, 0.3) is 32.3 Å². The summed E-state index contributed by atoms with van der Waals surface area (Å²) in [5.41, 5.74) is 8.46. The van der Waals surface area contributed by atoms with Gasteiger partial charge in [0.05, 0.1) is 6.54 Å². The molecule has 0 heterocycles. The summed E-state index contributed by atoms with van der Waals surface area (Å²) in [4.78, 5) is 4.61. The van der Waals surface area contributed by atoms with Gasteiger partial charge in [0.2, 0.25) is 0 Å². The topological polar surface area (TPSA) is 38.4 Å². The molecule has 0 aliphatic heterocycles. The van der Waals surface area contributed by atoms with Crippen LogP contribution >= 0.6 is 0 Å². The van der Waals surface area contributed by atoms with Crippen molar-refractivity contribution in [3.8, 4) is 0 Å². The van der Waals surface area contributed by atoms with Crippen molar-refractivity contribution in [1.82, 2.24) is 0 Å². The van der Waals surface area contributed by atoms with Crippen molar-refractivity contribution in [3.63, 3.8) is 0 Å². The summed E-state index contributed by atoms with van der Waals surface area (Å²) in [6.07, 6.45) is 0. The summed E-state index contributed by atoms with van der Waals surface area (Å²) in [7, 11) is 0. The minimum absolute atomic E-state index is 0.572. The number of amidine groups is 1. The van der Waals surface area contributed by atoms with Gasteiger partial charge in [0.1, 0.15) is 5.84 Å². The van der Waals surface area contributed by atoms with Gasteiger partial charge in [0.15, 0.2) is 0 Å². The van der Waals surface area contributed by atoms with Gasteiger partial charge in [0, 0.05) is 5.56 Å². The minimum atomic E-state index is 0.572. The lowest BCUT2D eigenvalue weighted by molar-refractivity contribution is 1.06. The largest absolute Gasteiger partial charge is 0.383 e. The quantitative estimate of drug-likeness (QED) is 0.237. The molecule has 0 bridgehead atoms. The van der Waals surface area contributed by atoms with E-state index in [1.54, 1.807) is 0 Å². The molecule has 0 aliphatic carbocycles. The zero-order valence-corrected chi connectivity index (χ0v) is 15.5. The van der Waals surface area contributed by atoms with Crippen LogP contribution in [-0.4, -0.2) is 5.84 Å². The predicted octanol–water partition coefficient (Wildman–Crippen LogP) is 6.05. The molecule has 5 aromatic rings. The monoisotopic (exact) mass is 360 g/mol. The average molecular weight is 360 g/mol. The van der Waals surface area contributed by atoms with Crippen LogP contribution in [0.4, 0.5) is 0 Å². The third-order valence-corrected chi connectivity index (χ3v) is 5.31. The molecule has 28 heavy (non-hydrogen) atoms. The highest BCUT2D eigenvalue weighted by atomic mass is 14.8. The molecular weight excluding hydrogens is 340 g/mol. The lowest BCUT2D eigenvalue weighted by Crippen LogP contribution is -2.13. The van der Waals surface area contributed by atoms with E-state index in [4.69, 9.17) is 5.73 Å². The molecule has 0 aromatic heterocycles. The van der Waals surface area contributed by atoms with Crippen molar-refractivity contribution in [2.75, 3.05) is 0 Å². The Balaban J connectivity index is 1.69. The van der Waals surface area contributed by atoms with Gasteiger partial charge in [0.25, 0.3) is 0 Å². The van der Waals surface area contributed by atoms with Crippen molar-refractivity contribution in [3.05, 3.63) is 108 Å². The van der Waals surface area contributed by atoms with Crippen molar-refractivity contribution < 1.29 is 0 Å². The van der Waals surface area contributed by atoms with Crippen LogP contribution in [0.3, 0.4) is 0 Å². The molecule has 0 amide bonds. The molecule has 0 saturated heterocycles. The van der Waals surface area contributed by atoms with E-state index in [1.165, 1.54) is 32.3 Å². The Morgan fingerprint density at radius 2 is 1.07 bits per heavy atom. The highest BCUT2D eigenvalue weighted by Gasteiger charge is 2.09. The maximum atomic E-state index is 6.34. The van der Waals surface area contributed by atoms with Gasteiger partial charge in [-0.25, -0.2) is 0 Å². The molecule has 2 N–H and O–H groups in total. The summed E-state index contributed by atoms with van der Waals surface area (Å²) in [5.74, 6) is 0.572. The van der Waals surface area contributed by atoms with E-state index in [1.807, 2.05) is 18.2 Å². The van der Waals surface area contributed by atoms with Crippen molar-refractivity contribution in [2.24, 2.45) is 10.7 Å². The fraction of sp³-hybridized carbons (Fsp3) is 0.0385. The molecule has 0 unspecified atom stereocenters. The van der Waals surface area contributed by atoms with Gasteiger partial charge in [-0.2, -0.15) is 0 Å². The lowest BCUT2D eigenvalue weighted by Gasteiger charge is -2.11. The normalized spacial score (nSPS) is 12.1. The number of hydrogen-bond donors (Lipinski definition) is 1. The lowest BCUT2D eigenvalue weighted by atomic mass is 9.93. The van der Waals surface area contributed by atoms with Crippen LogP contribution in [0.15, 0.2) is 102 Å². The van der Waals surface area contributed by atoms with E-state index < -0.39 is 0 Å². The van der Waals surface area contributed by atoms with Gasteiger partial charge in [-0.15, -0.1) is 0 Å². The molecule has 0 atom stereocenters. The summed E-state index contributed by atoms with van der Waals surface area (Å²) in [6, 6.07) is 33.8. The Labute approximate surface area is 163 Å². The number of benzene rings is 5. The second kappa shape index (κ2) is 6.82. The molecule has 5 rings (SSSR count). The third-order valence-electron chi connectivity index (χ3n) is 5.31. The molecule has 2 heteroatoms. The summed E-state index contributed by atoms with van der Waals surface area (Å²) >= 11 is 0. The number of rotatable bonds is 3. The van der Waals surface area contributed by atoms with Gasteiger partial charge >= 0.3 is 0 Å². The third kappa shape index (κ3) is 2.80. The molecule has 0 aliphatic rings. The molecule has 0 saturated carbocycles. The van der Waals surface area contributed by atoms with Crippen LogP contribution in [-0.2, 0) is 6.54 Å². The highest BCUT2D eigenvalue weighted by molar-refractivity contribution is 6.26. The molecule has 134 valence electrons. The Bertz CT molecular complexity index is 1300. The van der Waals surface area contributed by atoms with Crippen LogP contribution < -0.4 is 5.73 Å². The second-order valence-electron chi connectivity index (χ2n) is 7.04. The van der Waals surface area contributed by atoms with Crippen LogP contribution in [0.1, 0.15) is 11.1 Å². The average Bonchev–Trinajstić information content (AvgIpc) is 2.78. The molecule has 0 fully saturated rings. The first-order valence-electron chi connectivity index (χ1n) is 9.49. The maximum absolute atomic E-state index is 6.34. The van der Waals surface area contributed by atoms with Crippen LogP contribution in [0.5, 0.6) is 0 Å². The number of aliphatic imine (C=N–C) groups is 1. The van der Waals surface area contributed by atoms with E-state index in [2.05, 4.69) is 83.9 Å². The SMILES string of the molecule is NC(=NCc1ccccc1)c1ccc2c3ccccc3c3ccccc3c2c1. The second-order valence-corrected chi connectivity index (χ2v) is 7.04. The first kappa shape index (κ1) is 16.5. The zero-order valence-electron chi connectivity index (χ0n) is 15.5. The number of nitrogens with zero attached hydrogens (tertiary/aromatic N) is 1. The molecule has 0 spiro atoms. The minimum Gasteiger partial charge on any atom is -0.383 e. The first-order valence-corrected chi connectivity index (χ1v) is 9.49. The van der Waals surface area contributed by atoms with E-state index in [-0.39, 0.29) is 0 Å². The highest BCUT2D eigenvalue weighted by Crippen LogP contribution is 2.35. The predicted molar refractivity (Wildman–Crippen MR) is 120 cm³/mol. The number of fused-ring (bicyclic) bond motifs is 6. The number of nitrogens with two attached hydrogens (primary N) is 1. The Kier molecular flexibility index (Phi) is 4.02. The van der Waals surface area contributed by atoms with Crippen molar-refractivity contribution >= 4 is 38.2 Å². The summed E-state index contributed by atoms with van der Waals surface area (Å²) in [6.45, 7) is 0.586. The smallest absolute Gasteiger partial charge is 0.125 e. The molecule has 5 aromatic carbocycles. The standard InChI is InChI=1S/C26H20N2/c27-26(28-17-18-8-2-1-3-9-18)19-14-15-24-22-12-5-4-10-20(22)21-11-6-7-13-23(21)25(24)16-19/h1-16H,17H2,(H2,27,28). The fourth-order valence-electron chi connectivity index (χ4n) is 3.92. The van der Waals surface area contributed by atoms with E-state index in [0.29, 0.717) is 12.4 Å². The molecule has 0 radical (unpaired) electrons. The Morgan fingerprint density at radius 1 is 0.571 bits per heavy atom. The van der Waals surface area contributed by atoms with Gasteiger partial charge in [-0.3, -0.25) is 4.99 Å². The van der Waals surface area contributed by atoms with Crippen LogP contribution in [0, 0.1) is 0 Å². The Morgan fingerprint density at radius 3 is 1.68 bits per heavy atom.